The van der Waals surface area contributed by atoms with Gasteiger partial charge in [0.05, 0.1) is 0 Å². The van der Waals surface area contributed by atoms with Crippen molar-refractivity contribution in [2.45, 2.75) is 19.4 Å². The van der Waals surface area contributed by atoms with Crippen LogP contribution in [0.5, 0.6) is 0 Å². The molecule has 2 rings (SSSR count). The van der Waals surface area contributed by atoms with Crippen molar-refractivity contribution in [1.82, 2.24) is 20.2 Å². The molecule has 0 spiro atoms. The molecule has 1 atom stereocenters. The van der Waals surface area contributed by atoms with Gasteiger partial charge in [-0.25, -0.2) is 9.07 Å². The fraction of sp³-hybridized carbons (Fsp3) is 0.364. The van der Waals surface area contributed by atoms with Gasteiger partial charge >= 0.3 is 0 Å². The molecule has 1 aromatic carbocycles. The SMILES string of the molecule is CC(Cc1ccc(F)cc1)Nc1nnnn1C. The number of anilines is 1. The lowest BCUT2D eigenvalue weighted by Crippen LogP contribution is -2.20. The Morgan fingerprint density at radius 2 is 2.06 bits per heavy atom. The summed E-state index contributed by atoms with van der Waals surface area (Å²) < 4.78 is 14.3. The number of hydrogen-bond acceptors (Lipinski definition) is 4. The van der Waals surface area contributed by atoms with E-state index in [1.54, 1.807) is 23.9 Å². The number of halogens is 1. The fourth-order valence-electron chi connectivity index (χ4n) is 1.60. The molecule has 5 nitrogen and oxygen atoms in total. The Morgan fingerprint density at radius 3 is 2.65 bits per heavy atom. The maximum absolute atomic E-state index is 12.7. The van der Waals surface area contributed by atoms with E-state index in [0.29, 0.717) is 5.95 Å². The molecule has 0 amide bonds. The highest BCUT2D eigenvalue weighted by atomic mass is 19.1. The number of rotatable bonds is 4. The van der Waals surface area contributed by atoms with E-state index in [1.165, 1.54) is 12.1 Å². The van der Waals surface area contributed by atoms with E-state index in [-0.39, 0.29) is 11.9 Å². The Morgan fingerprint density at radius 1 is 1.35 bits per heavy atom. The predicted octanol–water partition coefficient (Wildman–Crippen LogP) is 1.39. The van der Waals surface area contributed by atoms with Crippen molar-refractivity contribution >= 4 is 5.95 Å². The Balaban J connectivity index is 1.95. The lowest BCUT2D eigenvalue weighted by atomic mass is 10.1. The molecule has 1 aromatic heterocycles. The van der Waals surface area contributed by atoms with Crippen LogP contribution in [0.4, 0.5) is 10.3 Å². The summed E-state index contributed by atoms with van der Waals surface area (Å²) in [5, 5.41) is 14.3. The summed E-state index contributed by atoms with van der Waals surface area (Å²) in [7, 11) is 1.77. The maximum atomic E-state index is 12.7. The first-order valence-corrected chi connectivity index (χ1v) is 5.38. The van der Waals surface area contributed by atoms with Crippen molar-refractivity contribution in [3.8, 4) is 0 Å². The normalized spacial score (nSPS) is 12.4. The fourth-order valence-corrected chi connectivity index (χ4v) is 1.60. The van der Waals surface area contributed by atoms with Gasteiger partial charge in [-0.2, -0.15) is 0 Å². The van der Waals surface area contributed by atoms with Crippen LogP contribution in [0, 0.1) is 5.82 Å². The highest BCUT2D eigenvalue weighted by molar-refractivity contribution is 5.25. The zero-order valence-electron chi connectivity index (χ0n) is 9.76. The van der Waals surface area contributed by atoms with Crippen molar-refractivity contribution in [1.29, 1.82) is 0 Å². The molecule has 0 fully saturated rings. The van der Waals surface area contributed by atoms with Crippen molar-refractivity contribution in [2.24, 2.45) is 7.05 Å². The smallest absolute Gasteiger partial charge is 0.242 e. The van der Waals surface area contributed by atoms with Gasteiger partial charge in [0.1, 0.15) is 5.82 Å². The van der Waals surface area contributed by atoms with E-state index >= 15 is 0 Å². The summed E-state index contributed by atoms with van der Waals surface area (Å²) in [5.41, 5.74) is 1.07. The van der Waals surface area contributed by atoms with Gasteiger partial charge < -0.3 is 5.32 Å². The van der Waals surface area contributed by atoms with E-state index in [0.717, 1.165) is 12.0 Å². The van der Waals surface area contributed by atoms with Crippen molar-refractivity contribution in [3.63, 3.8) is 0 Å². The van der Waals surface area contributed by atoms with Crippen LogP contribution >= 0.6 is 0 Å². The van der Waals surface area contributed by atoms with Crippen LogP contribution in [-0.4, -0.2) is 26.2 Å². The molecule has 1 unspecified atom stereocenters. The number of hydrogen-bond donors (Lipinski definition) is 1. The minimum absolute atomic E-state index is 0.171. The van der Waals surface area contributed by atoms with E-state index in [2.05, 4.69) is 20.8 Å². The Hall–Kier alpha value is -1.98. The molecule has 0 radical (unpaired) electrons. The monoisotopic (exact) mass is 235 g/mol. The highest BCUT2D eigenvalue weighted by Gasteiger charge is 2.07. The largest absolute Gasteiger partial charge is 0.350 e. The molecule has 2 aromatic rings. The van der Waals surface area contributed by atoms with Crippen molar-refractivity contribution < 1.29 is 4.39 Å². The van der Waals surface area contributed by atoms with E-state index in [4.69, 9.17) is 0 Å². The zero-order chi connectivity index (χ0) is 12.3. The number of nitrogens with one attached hydrogen (secondary N) is 1. The van der Waals surface area contributed by atoms with E-state index in [9.17, 15) is 4.39 Å². The number of tetrazole rings is 1. The first-order valence-electron chi connectivity index (χ1n) is 5.38. The molecule has 0 aliphatic carbocycles. The average molecular weight is 235 g/mol. The average Bonchev–Trinajstić information content (AvgIpc) is 2.68. The summed E-state index contributed by atoms with van der Waals surface area (Å²) in [6.07, 6.45) is 0.785. The van der Waals surface area contributed by atoms with Crippen molar-refractivity contribution in [3.05, 3.63) is 35.6 Å². The third-order valence-corrected chi connectivity index (χ3v) is 2.45. The van der Waals surface area contributed by atoms with Crippen molar-refractivity contribution in [2.75, 3.05) is 5.32 Å². The van der Waals surface area contributed by atoms with Crippen LogP contribution in [0.1, 0.15) is 12.5 Å². The lowest BCUT2D eigenvalue weighted by molar-refractivity contribution is 0.626. The molecule has 0 saturated carbocycles. The molecule has 17 heavy (non-hydrogen) atoms. The minimum atomic E-state index is -0.216. The predicted molar refractivity (Wildman–Crippen MR) is 62.0 cm³/mol. The van der Waals surface area contributed by atoms with Gasteiger partial charge in [-0.1, -0.05) is 17.2 Å². The number of aryl methyl sites for hydroxylation is 1. The lowest BCUT2D eigenvalue weighted by Gasteiger charge is -2.13. The van der Waals surface area contributed by atoms with Crippen LogP contribution in [0.15, 0.2) is 24.3 Å². The molecular formula is C11H14FN5. The molecule has 0 aliphatic rings. The molecular weight excluding hydrogens is 221 g/mol. The van der Waals surface area contributed by atoms with Gasteiger partial charge in [0.15, 0.2) is 0 Å². The van der Waals surface area contributed by atoms with Gasteiger partial charge in [-0.3, -0.25) is 0 Å². The van der Waals surface area contributed by atoms with Crippen LogP contribution in [0.2, 0.25) is 0 Å². The summed E-state index contributed by atoms with van der Waals surface area (Å²) in [5.74, 6) is 0.409. The minimum Gasteiger partial charge on any atom is -0.350 e. The van der Waals surface area contributed by atoms with E-state index in [1.807, 2.05) is 6.92 Å². The highest BCUT2D eigenvalue weighted by Crippen LogP contribution is 2.08. The second kappa shape index (κ2) is 4.90. The van der Waals surface area contributed by atoms with Gasteiger partial charge in [-0.05, 0) is 41.5 Å². The Labute approximate surface area is 98.6 Å². The second-order valence-electron chi connectivity index (χ2n) is 4.00. The zero-order valence-corrected chi connectivity index (χ0v) is 9.76. The van der Waals surface area contributed by atoms with Gasteiger partial charge in [0.25, 0.3) is 0 Å². The van der Waals surface area contributed by atoms with Crippen LogP contribution in [-0.2, 0) is 13.5 Å². The van der Waals surface area contributed by atoms with Gasteiger partial charge in [0, 0.05) is 13.1 Å². The molecule has 90 valence electrons. The number of aromatic nitrogens is 4. The summed E-state index contributed by atoms with van der Waals surface area (Å²) in [6, 6.07) is 6.66. The number of benzene rings is 1. The standard InChI is InChI=1S/C11H14FN5/c1-8(13-11-14-15-16-17(11)2)7-9-3-5-10(12)6-4-9/h3-6,8H,7H2,1-2H3,(H,13,14,16). The van der Waals surface area contributed by atoms with E-state index < -0.39 is 0 Å². The third-order valence-electron chi connectivity index (χ3n) is 2.45. The van der Waals surface area contributed by atoms with Crippen LogP contribution in [0.3, 0.4) is 0 Å². The topological polar surface area (TPSA) is 55.6 Å². The van der Waals surface area contributed by atoms with Gasteiger partial charge in [-0.15, -0.1) is 0 Å². The molecule has 1 N–H and O–H groups in total. The summed E-state index contributed by atoms with van der Waals surface area (Å²) >= 11 is 0. The molecule has 0 saturated heterocycles. The first-order chi connectivity index (χ1) is 8.15. The van der Waals surface area contributed by atoms with Gasteiger partial charge in [0.2, 0.25) is 5.95 Å². The second-order valence-corrected chi connectivity index (χ2v) is 4.00. The summed E-state index contributed by atoms with van der Waals surface area (Å²) in [4.78, 5) is 0. The molecule has 1 heterocycles. The maximum Gasteiger partial charge on any atom is 0.242 e. The Kier molecular flexibility index (Phi) is 3.32. The first kappa shape index (κ1) is 11.5. The van der Waals surface area contributed by atoms with Crippen LogP contribution < -0.4 is 5.32 Å². The molecule has 0 bridgehead atoms. The quantitative estimate of drug-likeness (QED) is 0.870. The summed E-state index contributed by atoms with van der Waals surface area (Å²) in [6.45, 7) is 2.03. The molecule has 0 aliphatic heterocycles. The van der Waals surface area contributed by atoms with Crippen LogP contribution in [0.25, 0.3) is 0 Å². The molecule has 6 heteroatoms. The number of nitrogens with zero attached hydrogens (tertiary/aromatic N) is 4. The third kappa shape index (κ3) is 2.99. The Bertz CT molecular complexity index is 479.